The molecule has 0 bridgehead atoms. The fourth-order valence-electron chi connectivity index (χ4n) is 3.34. The van der Waals surface area contributed by atoms with Crippen LogP contribution in [0.5, 0.6) is 0 Å². The number of carbonyl (C=O) groups is 2. The molecule has 1 atom stereocenters. The summed E-state index contributed by atoms with van der Waals surface area (Å²) in [5.41, 5.74) is 2.93. The third-order valence-corrected chi connectivity index (χ3v) is 4.52. The molecule has 0 radical (unpaired) electrons. The molecule has 2 aliphatic rings. The Balaban J connectivity index is 1.57. The van der Waals surface area contributed by atoms with Crippen molar-refractivity contribution >= 4 is 23.2 Å². The second kappa shape index (κ2) is 6.48. The predicted octanol–water partition coefficient (Wildman–Crippen LogP) is 2.07. The number of hydrogen-bond donors (Lipinski definition) is 2. The number of fused-ring (bicyclic) bond motifs is 1. The van der Waals surface area contributed by atoms with E-state index >= 15 is 0 Å². The number of nitrogens with one attached hydrogen (secondary N) is 2. The largest absolute Gasteiger partial charge is 0.326 e. The highest BCUT2D eigenvalue weighted by Gasteiger charge is 2.22. The van der Waals surface area contributed by atoms with Crippen LogP contribution in [0.4, 0.5) is 11.4 Å². The van der Waals surface area contributed by atoms with E-state index in [9.17, 15) is 9.59 Å². The van der Waals surface area contributed by atoms with E-state index in [4.69, 9.17) is 0 Å². The molecular weight excluding hydrogens is 278 g/mol. The van der Waals surface area contributed by atoms with Crippen molar-refractivity contribution in [3.63, 3.8) is 0 Å². The molecule has 0 aliphatic carbocycles. The molecule has 2 heterocycles. The van der Waals surface area contributed by atoms with Crippen molar-refractivity contribution in [2.45, 2.75) is 45.1 Å². The van der Waals surface area contributed by atoms with Crippen LogP contribution in [0.1, 0.15) is 38.2 Å². The van der Waals surface area contributed by atoms with Crippen molar-refractivity contribution in [3.8, 4) is 0 Å². The minimum atomic E-state index is 0.0649. The highest BCUT2D eigenvalue weighted by atomic mass is 16.2. The van der Waals surface area contributed by atoms with Gasteiger partial charge in [0.15, 0.2) is 0 Å². The first-order chi connectivity index (χ1) is 10.6. The first-order valence-electron chi connectivity index (χ1n) is 8.08. The summed E-state index contributed by atoms with van der Waals surface area (Å²) < 4.78 is 0. The SMILES string of the molecule is CC(=O)N1CCc2cc(NC(=O)CCC3CCCN3)ccc21. The second-order valence-corrected chi connectivity index (χ2v) is 6.14. The minimum Gasteiger partial charge on any atom is -0.326 e. The number of anilines is 2. The summed E-state index contributed by atoms with van der Waals surface area (Å²) in [5, 5.41) is 6.38. The second-order valence-electron chi connectivity index (χ2n) is 6.14. The quantitative estimate of drug-likeness (QED) is 0.895. The van der Waals surface area contributed by atoms with Crippen molar-refractivity contribution in [3.05, 3.63) is 23.8 Å². The average Bonchev–Trinajstić information content (AvgIpc) is 3.14. The van der Waals surface area contributed by atoms with Gasteiger partial charge in [-0.25, -0.2) is 0 Å². The first-order valence-corrected chi connectivity index (χ1v) is 8.08. The molecule has 1 aromatic carbocycles. The Hall–Kier alpha value is -1.88. The van der Waals surface area contributed by atoms with E-state index in [1.165, 1.54) is 12.8 Å². The topological polar surface area (TPSA) is 61.4 Å². The molecule has 22 heavy (non-hydrogen) atoms. The van der Waals surface area contributed by atoms with Gasteiger partial charge in [-0.15, -0.1) is 0 Å². The van der Waals surface area contributed by atoms with Gasteiger partial charge in [-0.1, -0.05) is 0 Å². The van der Waals surface area contributed by atoms with Crippen molar-refractivity contribution < 1.29 is 9.59 Å². The monoisotopic (exact) mass is 301 g/mol. The summed E-state index contributed by atoms with van der Waals surface area (Å²) in [7, 11) is 0. The number of rotatable bonds is 4. The lowest BCUT2D eigenvalue weighted by molar-refractivity contribution is -0.117. The number of nitrogens with zero attached hydrogens (tertiary/aromatic N) is 1. The summed E-state index contributed by atoms with van der Waals surface area (Å²) in [6.45, 7) is 3.39. The van der Waals surface area contributed by atoms with Crippen LogP contribution in [0.2, 0.25) is 0 Å². The molecular formula is C17H23N3O2. The summed E-state index contributed by atoms with van der Waals surface area (Å²) in [5.74, 6) is 0.134. The predicted molar refractivity (Wildman–Crippen MR) is 87.1 cm³/mol. The molecule has 5 nitrogen and oxygen atoms in total. The van der Waals surface area contributed by atoms with Crippen LogP contribution in [-0.4, -0.2) is 30.9 Å². The van der Waals surface area contributed by atoms with Crippen LogP contribution < -0.4 is 15.5 Å². The number of benzene rings is 1. The van der Waals surface area contributed by atoms with Gasteiger partial charge in [-0.2, -0.15) is 0 Å². The van der Waals surface area contributed by atoms with Gasteiger partial charge in [-0.05, 0) is 56.0 Å². The summed E-state index contributed by atoms with van der Waals surface area (Å²) >= 11 is 0. The molecule has 2 N–H and O–H groups in total. The molecule has 1 aromatic rings. The third-order valence-electron chi connectivity index (χ3n) is 4.52. The number of carbonyl (C=O) groups excluding carboxylic acids is 2. The van der Waals surface area contributed by atoms with E-state index in [0.717, 1.165) is 42.9 Å². The van der Waals surface area contributed by atoms with Crippen molar-refractivity contribution in [1.82, 2.24) is 5.32 Å². The van der Waals surface area contributed by atoms with Gasteiger partial charge < -0.3 is 15.5 Å². The molecule has 3 rings (SSSR count). The molecule has 0 saturated carbocycles. The molecule has 0 aromatic heterocycles. The Bertz CT molecular complexity index is 579. The van der Waals surface area contributed by atoms with Gasteiger partial charge in [0.1, 0.15) is 0 Å². The van der Waals surface area contributed by atoms with E-state index in [2.05, 4.69) is 10.6 Å². The smallest absolute Gasteiger partial charge is 0.224 e. The molecule has 5 heteroatoms. The van der Waals surface area contributed by atoms with Gasteiger partial charge in [0.25, 0.3) is 0 Å². The van der Waals surface area contributed by atoms with Gasteiger partial charge in [-0.3, -0.25) is 9.59 Å². The molecule has 2 amide bonds. The Morgan fingerprint density at radius 1 is 1.41 bits per heavy atom. The van der Waals surface area contributed by atoms with Gasteiger partial charge in [0, 0.05) is 37.3 Å². The highest BCUT2D eigenvalue weighted by Crippen LogP contribution is 2.30. The van der Waals surface area contributed by atoms with E-state index in [-0.39, 0.29) is 11.8 Å². The van der Waals surface area contributed by atoms with E-state index in [1.54, 1.807) is 11.8 Å². The van der Waals surface area contributed by atoms with Crippen LogP contribution in [0.25, 0.3) is 0 Å². The Morgan fingerprint density at radius 2 is 2.27 bits per heavy atom. The van der Waals surface area contributed by atoms with Crippen LogP contribution in [0.3, 0.4) is 0 Å². The lowest BCUT2D eigenvalue weighted by atomic mass is 10.1. The van der Waals surface area contributed by atoms with E-state index < -0.39 is 0 Å². The maximum absolute atomic E-state index is 12.0. The lowest BCUT2D eigenvalue weighted by Crippen LogP contribution is -2.25. The Kier molecular flexibility index (Phi) is 4.43. The zero-order valence-corrected chi connectivity index (χ0v) is 13.0. The number of hydrogen-bond acceptors (Lipinski definition) is 3. The molecule has 1 unspecified atom stereocenters. The Labute approximate surface area is 131 Å². The van der Waals surface area contributed by atoms with Gasteiger partial charge in [0.05, 0.1) is 0 Å². The maximum atomic E-state index is 12.0. The van der Waals surface area contributed by atoms with Gasteiger partial charge in [0.2, 0.25) is 11.8 Å². The zero-order chi connectivity index (χ0) is 15.5. The third kappa shape index (κ3) is 3.30. The molecule has 1 fully saturated rings. The van der Waals surface area contributed by atoms with Crippen molar-refractivity contribution in [2.75, 3.05) is 23.3 Å². The standard InChI is InChI=1S/C17H23N3O2/c1-12(21)20-10-8-13-11-15(4-6-16(13)20)19-17(22)7-5-14-3-2-9-18-14/h4,6,11,14,18H,2-3,5,7-10H2,1H3,(H,19,22). The molecule has 2 aliphatic heterocycles. The van der Waals surface area contributed by atoms with Gasteiger partial charge >= 0.3 is 0 Å². The van der Waals surface area contributed by atoms with E-state index in [1.807, 2.05) is 18.2 Å². The van der Waals surface area contributed by atoms with Crippen LogP contribution in [-0.2, 0) is 16.0 Å². The fourth-order valence-corrected chi connectivity index (χ4v) is 3.34. The normalized spacial score (nSPS) is 20.0. The zero-order valence-electron chi connectivity index (χ0n) is 13.0. The molecule has 0 spiro atoms. The summed E-state index contributed by atoms with van der Waals surface area (Å²) in [4.78, 5) is 25.4. The molecule has 1 saturated heterocycles. The van der Waals surface area contributed by atoms with Crippen LogP contribution in [0, 0.1) is 0 Å². The highest BCUT2D eigenvalue weighted by molar-refractivity contribution is 5.95. The molecule has 118 valence electrons. The number of amides is 2. The fraction of sp³-hybridized carbons (Fsp3) is 0.529. The van der Waals surface area contributed by atoms with Crippen molar-refractivity contribution in [1.29, 1.82) is 0 Å². The van der Waals surface area contributed by atoms with Crippen LogP contribution in [0.15, 0.2) is 18.2 Å². The minimum absolute atomic E-state index is 0.0649. The first kappa shape index (κ1) is 15.0. The summed E-state index contributed by atoms with van der Waals surface area (Å²) in [6, 6.07) is 6.29. The lowest BCUT2D eigenvalue weighted by Gasteiger charge is -2.15. The van der Waals surface area contributed by atoms with Crippen molar-refractivity contribution in [2.24, 2.45) is 0 Å². The Morgan fingerprint density at radius 3 is 3.00 bits per heavy atom. The average molecular weight is 301 g/mol. The summed E-state index contributed by atoms with van der Waals surface area (Å²) in [6.07, 6.45) is 4.69. The van der Waals surface area contributed by atoms with E-state index in [0.29, 0.717) is 12.5 Å². The van der Waals surface area contributed by atoms with Crippen LogP contribution >= 0.6 is 0 Å². The maximum Gasteiger partial charge on any atom is 0.224 e.